The second-order valence-corrected chi connectivity index (χ2v) is 7.24. The molecular weight excluding hydrogens is 268 g/mol. The molecule has 124 valence electrons. The summed E-state index contributed by atoms with van der Waals surface area (Å²) in [5.41, 5.74) is -0.441. The predicted molar refractivity (Wildman–Crippen MR) is 84.3 cm³/mol. The summed E-state index contributed by atoms with van der Waals surface area (Å²) in [6.07, 6.45) is 4.89. The molecule has 1 saturated carbocycles. The van der Waals surface area contributed by atoms with Crippen LogP contribution in [0.3, 0.4) is 0 Å². The van der Waals surface area contributed by atoms with Gasteiger partial charge in [0.25, 0.3) is 0 Å². The van der Waals surface area contributed by atoms with Gasteiger partial charge in [-0.3, -0.25) is 0 Å². The average Bonchev–Trinajstić information content (AvgIpc) is 2.79. The van der Waals surface area contributed by atoms with Gasteiger partial charge in [0, 0.05) is 18.7 Å². The van der Waals surface area contributed by atoms with Crippen molar-refractivity contribution in [1.29, 1.82) is 0 Å². The Balaban J connectivity index is 2.13. The molecule has 0 bridgehead atoms. The molecule has 0 saturated heterocycles. The van der Waals surface area contributed by atoms with Crippen molar-refractivity contribution in [1.82, 2.24) is 10.6 Å². The van der Waals surface area contributed by atoms with Gasteiger partial charge >= 0.3 is 6.09 Å². The van der Waals surface area contributed by atoms with Crippen LogP contribution in [0.5, 0.6) is 0 Å². The molecule has 1 fully saturated rings. The molecule has 0 aliphatic heterocycles. The molecule has 21 heavy (non-hydrogen) atoms. The van der Waals surface area contributed by atoms with Gasteiger partial charge in [-0.2, -0.15) is 0 Å². The van der Waals surface area contributed by atoms with Crippen LogP contribution in [-0.4, -0.2) is 42.0 Å². The summed E-state index contributed by atoms with van der Waals surface area (Å²) in [6, 6.07) is 0.697. The summed E-state index contributed by atoms with van der Waals surface area (Å²) in [7, 11) is 0. The van der Waals surface area contributed by atoms with Gasteiger partial charge in [-0.05, 0) is 65.3 Å². The van der Waals surface area contributed by atoms with Crippen molar-refractivity contribution in [3.63, 3.8) is 0 Å². The minimum Gasteiger partial charge on any atom is -0.444 e. The summed E-state index contributed by atoms with van der Waals surface area (Å²) >= 11 is 0. The molecule has 0 aromatic heterocycles. The number of aliphatic hydroxyl groups excluding tert-OH is 1. The Labute approximate surface area is 128 Å². The van der Waals surface area contributed by atoms with Gasteiger partial charge in [0.2, 0.25) is 0 Å². The number of hydrogen-bond acceptors (Lipinski definition) is 4. The highest BCUT2D eigenvalue weighted by atomic mass is 16.6. The highest BCUT2D eigenvalue weighted by Gasteiger charge is 2.27. The lowest BCUT2D eigenvalue weighted by Gasteiger charge is -2.22. The van der Waals surface area contributed by atoms with Gasteiger partial charge in [-0.25, -0.2) is 4.79 Å². The van der Waals surface area contributed by atoms with Gasteiger partial charge in [0.15, 0.2) is 0 Å². The Kier molecular flexibility index (Phi) is 7.46. The van der Waals surface area contributed by atoms with E-state index in [1.165, 1.54) is 0 Å². The van der Waals surface area contributed by atoms with E-state index < -0.39 is 5.60 Å². The fraction of sp³-hybridized carbons (Fsp3) is 0.938. The number of carbonyl (C=O) groups is 1. The van der Waals surface area contributed by atoms with E-state index in [1.807, 2.05) is 20.8 Å². The van der Waals surface area contributed by atoms with Crippen molar-refractivity contribution in [3.05, 3.63) is 0 Å². The lowest BCUT2D eigenvalue weighted by atomic mass is 10.1. The first-order valence-electron chi connectivity index (χ1n) is 8.14. The molecular formula is C16H32N2O3. The Morgan fingerprint density at radius 2 is 2.00 bits per heavy atom. The van der Waals surface area contributed by atoms with Gasteiger partial charge in [0.1, 0.15) is 5.60 Å². The Morgan fingerprint density at radius 3 is 2.62 bits per heavy atom. The molecule has 1 aliphatic rings. The Bertz CT molecular complexity index is 315. The van der Waals surface area contributed by atoms with Crippen molar-refractivity contribution >= 4 is 6.09 Å². The summed E-state index contributed by atoms with van der Waals surface area (Å²) in [5, 5.41) is 15.5. The maximum absolute atomic E-state index is 11.7. The molecule has 3 atom stereocenters. The monoisotopic (exact) mass is 300 g/mol. The smallest absolute Gasteiger partial charge is 0.407 e. The minimum absolute atomic E-state index is 0.216. The summed E-state index contributed by atoms with van der Waals surface area (Å²) < 4.78 is 5.28. The van der Waals surface area contributed by atoms with E-state index in [0.29, 0.717) is 12.0 Å². The lowest BCUT2D eigenvalue weighted by molar-refractivity contribution is 0.0505. The summed E-state index contributed by atoms with van der Waals surface area (Å²) in [6.45, 7) is 8.94. The molecule has 5 nitrogen and oxygen atoms in total. The van der Waals surface area contributed by atoms with E-state index in [2.05, 4.69) is 17.6 Å². The first kappa shape index (κ1) is 18.2. The van der Waals surface area contributed by atoms with E-state index >= 15 is 0 Å². The normalized spacial score (nSPS) is 23.9. The van der Waals surface area contributed by atoms with E-state index in [9.17, 15) is 4.79 Å². The first-order valence-corrected chi connectivity index (χ1v) is 8.14. The largest absolute Gasteiger partial charge is 0.444 e. The number of amides is 1. The summed E-state index contributed by atoms with van der Waals surface area (Å²) in [5.74, 6) is 0.386. The fourth-order valence-corrected chi connectivity index (χ4v) is 2.62. The average molecular weight is 300 g/mol. The van der Waals surface area contributed by atoms with E-state index in [1.54, 1.807) is 0 Å². The number of hydrogen-bond donors (Lipinski definition) is 3. The third-order valence-corrected chi connectivity index (χ3v) is 3.77. The molecule has 5 heteroatoms. The van der Waals surface area contributed by atoms with Gasteiger partial charge < -0.3 is 20.5 Å². The number of alkyl carbamates (subject to hydrolysis) is 1. The predicted octanol–water partition coefficient (Wildman–Crippen LogP) is 2.43. The molecule has 1 aliphatic carbocycles. The van der Waals surface area contributed by atoms with Gasteiger partial charge in [-0.1, -0.05) is 6.92 Å². The summed E-state index contributed by atoms with van der Waals surface area (Å²) in [4.78, 5) is 11.7. The van der Waals surface area contributed by atoms with E-state index in [-0.39, 0.29) is 18.7 Å². The van der Waals surface area contributed by atoms with Crippen LogP contribution in [0.4, 0.5) is 4.79 Å². The van der Waals surface area contributed by atoms with Crippen LogP contribution in [0, 0.1) is 5.92 Å². The van der Waals surface area contributed by atoms with Crippen LogP contribution < -0.4 is 10.6 Å². The number of nitrogens with one attached hydrogen (secondary N) is 2. The maximum Gasteiger partial charge on any atom is 0.407 e. The zero-order valence-corrected chi connectivity index (χ0v) is 13.9. The third-order valence-electron chi connectivity index (χ3n) is 3.77. The molecule has 0 heterocycles. The Morgan fingerprint density at radius 1 is 1.33 bits per heavy atom. The fourth-order valence-electron chi connectivity index (χ4n) is 2.62. The minimum atomic E-state index is -0.441. The van der Waals surface area contributed by atoms with Crippen LogP contribution in [0.1, 0.15) is 59.8 Å². The standard InChI is InChI=1S/C16H32N2O3/c1-12(11-19)6-5-9-17-13-7-8-14(10-13)18-15(20)21-16(2,3)4/h12-14,17,19H,5-11H2,1-4H3,(H,18,20). The molecule has 3 unspecified atom stereocenters. The number of ether oxygens (including phenoxy) is 1. The molecule has 0 radical (unpaired) electrons. The second-order valence-electron chi connectivity index (χ2n) is 7.24. The van der Waals surface area contributed by atoms with Crippen LogP contribution in [-0.2, 0) is 4.74 Å². The highest BCUT2D eigenvalue weighted by molar-refractivity contribution is 5.68. The molecule has 3 N–H and O–H groups in total. The van der Waals surface area contributed by atoms with E-state index in [4.69, 9.17) is 9.84 Å². The molecule has 0 aromatic rings. The lowest BCUT2D eigenvalue weighted by Crippen LogP contribution is -2.39. The van der Waals surface area contributed by atoms with Crippen LogP contribution >= 0.6 is 0 Å². The van der Waals surface area contributed by atoms with Crippen LogP contribution in [0.15, 0.2) is 0 Å². The van der Waals surface area contributed by atoms with E-state index in [0.717, 1.165) is 38.6 Å². The topological polar surface area (TPSA) is 70.6 Å². The maximum atomic E-state index is 11.7. The highest BCUT2D eigenvalue weighted by Crippen LogP contribution is 2.20. The van der Waals surface area contributed by atoms with Gasteiger partial charge in [-0.15, -0.1) is 0 Å². The molecule has 0 aromatic carbocycles. The number of carbonyl (C=O) groups excluding carboxylic acids is 1. The van der Waals surface area contributed by atoms with Gasteiger partial charge in [0.05, 0.1) is 0 Å². The second kappa shape index (κ2) is 8.59. The zero-order chi connectivity index (χ0) is 15.9. The third kappa shape index (κ3) is 8.27. The van der Waals surface area contributed by atoms with Crippen LogP contribution in [0.2, 0.25) is 0 Å². The number of aliphatic hydroxyl groups is 1. The SMILES string of the molecule is CC(CO)CCCNC1CCC(NC(=O)OC(C)(C)C)C1. The molecule has 1 amide bonds. The van der Waals surface area contributed by atoms with Crippen molar-refractivity contribution in [2.75, 3.05) is 13.2 Å². The van der Waals surface area contributed by atoms with Crippen molar-refractivity contribution < 1.29 is 14.6 Å². The van der Waals surface area contributed by atoms with Crippen molar-refractivity contribution in [2.24, 2.45) is 5.92 Å². The first-order chi connectivity index (χ1) is 9.80. The zero-order valence-electron chi connectivity index (χ0n) is 13.9. The molecule has 0 spiro atoms. The number of rotatable bonds is 7. The van der Waals surface area contributed by atoms with Crippen LogP contribution in [0.25, 0.3) is 0 Å². The quantitative estimate of drug-likeness (QED) is 0.632. The molecule has 1 rings (SSSR count). The Hall–Kier alpha value is -0.810. The van der Waals surface area contributed by atoms with Crippen molar-refractivity contribution in [3.8, 4) is 0 Å². The van der Waals surface area contributed by atoms with Crippen molar-refractivity contribution in [2.45, 2.75) is 77.5 Å².